The van der Waals surface area contributed by atoms with Gasteiger partial charge in [-0.05, 0) is 51.2 Å². The van der Waals surface area contributed by atoms with Crippen LogP contribution in [0.4, 0.5) is 8.78 Å². The standard InChI is InChI=1S/C9H6FNS.C6H6BFO2.C3H2BrNS/c10-8-3-1-7(2-4-8)9-5-11-6-12-9;8-6-3-1-5(2-4-6)7(9)10;4-3-1-5-2-6-3/h1-6H;1-4,9-10H;1-2H. The molecule has 28 heavy (non-hydrogen) atoms. The van der Waals surface area contributed by atoms with Gasteiger partial charge in [-0.1, -0.05) is 24.3 Å². The number of hydrogen-bond acceptors (Lipinski definition) is 6. The van der Waals surface area contributed by atoms with Crippen molar-refractivity contribution in [3.8, 4) is 10.4 Å². The first-order valence-electron chi connectivity index (χ1n) is 7.75. The van der Waals surface area contributed by atoms with Crippen molar-refractivity contribution in [2.75, 3.05) is 0 Å². The van der Waals surface area contributed by atoms with Crippen molar-refractivity contribution in [2.24, 2.45) is 0 Å². The Labute approximate surface area is 177 Å². The summed E-state index contributed by atoms with van der Waals surface area (Å²) in [6, 6.07) is 11.4. The van der Waals surface area contributed by atoms with Crippen molar-refractivity contribution in [2.45, 2.75) is 0 Å². The second kappa shape index (κ2) is 11.8. The van der Waals surface area contributed by atoms with Gasteiger partial charge >= 0.3 is 7.12 Å². The lowest BCUT2D eigenvalue weighted by molar-refractivity contribution is 0.425. The van der Waals surface area contributed by atoms with Crippen LogP contribution in [-0.2, 0) is 0 Å². The quantitative estimate of drug-likeness (QED) is 0.416. The van der Waals surface area contributed by atoms with E-state index in [0.717, 1.165) is 14.2 Å². The highest BCUT2D eigenvalue weighted by molar-refractivity contribution is 9.11. The minimum atomic E-state index is -1.51. The van der Waals surface area contributed by atoms with Gasteiger partial charge in [-0.3, -0.25) is 9.97 Å². The molecule has 4 aromatic rings. The predicted molar refractivity (Wildman–Crippen MR) is 114 cm³/mol. The summed E-state index contributed by atoms with van der Waals surface area (Å²) in [5, 5.41) is 17.1. The molecule has 4 rings (SSSR count). The van der Waals surface area contributed by atoms with Crippen molar-refractivity contribution >= 4 is 51.2 Å². The van der Waals surface area contributed by atoms with Crippen molar-refractivity contribution in [1.82, 2.24) is 9.97 Å². The number of hydrogen-bond donors (Lipinski definition) is 2. The van der Waals surface area contributed by atoms with Crippen molar-refractivity contribution in [3.05, 3.63) is 87.4 Å². The predicted octanol–water partition coefficient (Wildman–Crippen LogP) is 4.36. The molecule has 0 aliphatic heterocycles. The van der Waals surface area contributed by atoms with Crippen molar-refractivity contribution in [1.29, 1.82) is 0 Å². The van der Waals surface area contributed by atoms with Gasteiger partial charge in [0.15, 0.2) is 0 Å². The van der Waals surface area contributed by atoms with E-state index in [1.54, 1.807) is 58.2 Å². The third-order valence-corrected chi connectivity index (χ3v) is 5.28. The molecule has 0 aliphatic rings. The zero-order valence-electron chi connectivity index (χ0n) is 14.2. The monoisotopic (exact) mass is 482 g/mol. The first-order valence-corrected chi connectivity index (χ1v) is 10.3. The molecule has 2 N–H and O–H groups in total. The van der Waals surface area contributed by atoms with Gasteiger partial charge in [0.2, 0.25) is 0 Å². The molecule has 0 unspecified atom stereocenters. The lowest BCUT2D eigenvalue weighted by Crippen LogP contribution is -2.29. The lowest BCUT2D eigenvalue weighted by Gasteiger charge is -1.95. The molecule has 0 radical (unpaired) electrons. The molecule has 4 nitrogen and oxygen atoms in total. The highest BCUT2D eigenvalue weighted by atomic mass is 79.9. The summed E-state index contributed by atoms with van der Waals surface area (Å²) < 4.78 is 25.8. The molecule has 0 amide bonds. The van der Waals surface area contributed by atoms with E-state index in [4.69, 9.17) is 10.0 Å². The second-order valence-corrected chi connectivity index (χ2v) is 8.26. The Bertz CT molecular complexity index is 923. The molecule has 2 heterocycles. The Balaban J connectivity index is 0.000000159. The normalized spacial score (nSPS) is 9.61. The Morgan fingerprint density at radius 3 is 1.71 bits per heavy atom. The van der Waals surface area contributed by atoms with Crippen LogP contribution in [0.25, 0.3) is 10.4 Å². The Morgan fingerprint density at radius 2 is 1.32 bits per heavy atom. The van der Waals surface area contributed by atoms with Crippen LogP contribution >= 0.6 is 38.6 Å². The minimum absolute atomic E-state index is 0.205. The maximum Gasteiger partial charge on any atom is 0.488 e. The highest BCUT2D eigenvalue weighted by Gasteiger charge is 2.08. The zero-order valence-corrected chi connectivity index (χ0v) is 17.5. The van der Waals surface area contributed by atoms with E-state index < -0.39 is 7.12 Å². The summed E-state index contributed by atoms with van der Waals surface area (Å²) in [6.07, 6.45) is 3.54. The van der Waals surface area contributed by atoms with E-state index in [0.29, 0.717) is 5.46 Å². The molecule has 0 bridgehead atoms. The molecule has 0 atom stereocenters. The summed E-state index contributed by atoms with van der Waals surface area (Å²) in [7, 11) is -1.51. The first kappa shape index (κ1) is 22.3. The van der Waals surface area contributed by atoms with Crippen LogP contribution in [0, 0.1) is 11.6 Å². The van der Waals surface area contributed by atoms with E-state index in [1.165, 1.54) is 36.4 Å². The number of benzene rings is 2. The van der Waals surface area contributed by atoms with E-state index >= 15 is 0 Å². The van der Waals surface area contributed by atoms with Crippen LogP contribution in [0.5, 0.6) is 0 Å². The molecule has 10 heteroatoms. The average molecular weight is 483 g/mol. The number of thiazole rings is 2. The molecule has 144 valence electrons. The SMILES string of the molecule is Brc1cncs1.Fc1ccc(-c2cncs2)cc1.OB(O)c1ccc(F)cc1. The fraction of sp³-hybridized carbons (Fsp3) is 0. The van der Waals surface area contributed by atoms with Gasteiger partial charge < -0.3 is 10.0 Å². The van der Waals surface area contributed by atoms with E-state index in [1.807, 2.05) is 0 Å². The van der Waals surface area contributed by atoms with Crippen LogP contribution in [-0.4, -0.2) is 27.1 Å². The van der Waals surface area contributed by atoms with Gasteiger partial charge in [-0.15, -0.1) is 22.7 Å². The van der Waals surface area contributed by atoms with E-state index in [9.17, 15) is 8.78 Å². The molecule has 0 fully saturated rings. The summed E-state index contributed by atoms with van der Waals surface area (Å²) in [5.41, 5.74) is 4.85. The van der Waals surface area contributed by atoms with E-state index in [-0.39, 0.29) is 11.6 Å². The smallest absolute Gasteiger partial charge is 0.423 e. The maximum atomic E-state index is 12.5. The molecule has 0 saturated heterocycles. The third kappa shape index (κ3) is 7.95. The number of aromatic nitrogens is 2. The highest BCUT2D eigenvalue weighted by Crippen LogP contribution is 2.22. The fourth-order valence-electron chi connectivity index (χ4n) is 1.81. The largest absolute Gasteiger partial charge is 0.488 e. The van der Waals surface area contributed by atoms with Crippen LogP contribution in [0.2, 0.25) is 0 Å². The van der Waals surface area contributed by atoms with Crippen LogP contribution < -0.4 is 5.46 Å². The number of rotatable bonds is 2. The zero-order chi connectivity index (χ0) is 20.4. The van der Waals surface area contributed by atoms with E-state index in [2.05, 4.69) is 25.9 Å². The van der Waals surface area contributed by atoms with Crippen molar-refractivity contribution < 1.29 is 18.8 Å². The van der Waals surface area contributed by atoms with Crippen molar-refractivity contribution in [3.63, 3.8) is 0 Å². The fourth-order valence-corrected chi connectivity index (χ4v) is 3.15. The topological polar surface area (TPSA) is 66.2 Å². The summed E-state index contributed by atoms with van der Waals surface area (Å²) >= 11 is 6.37. The number of halogens is 3. The summed E-state index contributed by atoms with van der Waals surface area (Å²) in [5.74, 6) is -0.590. The van der Waals surface area contributed by atoms with Gasteiger partial charge in [-0.2, -0.15) is 0 Å². The molecule has 0 saturated carbocycles. The van der Waals surface area contributed by atoms with Crippen LogP contribution in [0.15, 0.2) is 75.7 Å². The van der Waals surface area contributed by atoms with Crippen LogP contribution in [0.3, 0.4) is 0 Å². The summed E-state index contributed by atoms with van der Waals surface area (Å²) in [4.78, 5) is 8.80. The Kier molecular flexibility index (Phi) is 9.38. The Hall–Kier alpha value is -1.98. The van der Waals surface area contributed by atoms with Gasteiger partial charge in [0.1, 0.15) is 11.6 Å². The molecule has 2 aromatic carbocycles. The second-order valence-electron chi connectivity index (χ2n) is 5.10. The minimum Gasteiger partial charge on any atom is -0.423 e. The first-order chi connectivity index (χ1) is 13.5. The number of nitrogens with zero attached hydrogens (tertiary/aromatic N) is 2. The average Bonchev–Trinajstić information content (AvgIpc) is 3.38. The Morgan fingerprint density at radius 1 is 0.786 bits per heavy atom. The van der Waals surface area contributed by atoms with Crippen LogP contribution in [0.1, 0.15) is 0 Å². The molecular weight excluding hydrogens is 469 g/mol. The third-order valence-electron chi connectivity index (χ3n) is 3.13. The van der Waals surface area contributed by atoms with Gasteiger partial charge in [0.05, 0.1) is 25.9 Å². The molecule has 2 aromatic heterocycles. The van der Waals surface area contributed by atoms with Gasteiger partial charge in [0, 0.05) is 6.20 Å². The molecule has 0 spiro atoms. The summed E-state index contributed by atoms with van der Waals surface area (Å²) in [6.45, 7) is 0. The van der Waals surface area contributed by atoms with Gasteiger partial charge in [-0.25, -0.2) is 8.78 Å². The maximum absolute atomic E-state index is 12.5. The lowest BCUT2D eigenvalue weighted by atomic mass is 9.80. The molecular formula is C18H14BBrF2N2O2S2. The molecule has 0 aliphatic carbocycles. The van der Waals surface area contributed by atoms with Gasteiger partial charge in [0.25, 0.3) is 0 Å².